The highest BCUT2D eigenvalue weighted by molar-refractivity contribution is 7.81. The predicted octanol–water partition coefficient (Wildman–Crippen LogP) is 3.91. The van der Waals surface area contributed by atoms with Crippen molar-refractivity contribution in [3.8, 4) is 0 Å². The fraction of sp³-hybridized carbons (Fsp3) is 0.412. The van der Waals surface area contributed by atoms with Crippen molar-refractivity contribution in [1.82, 2.24) is 4.90 Å². The molecule has 0 N–H and O–H groups in total. The molecular formula is C17H21ClFNS. The van der Waals surface area contributed by atoms with Crippen LogP contribution in [0.4, 0.5) is 4.39 Å². The van der Waals surface area contributed by atoms with Crippen molar-refractivity contribution in [3.05, 3.63) is 60.0 Å². The van der Waals surface area contributed by atoms with Gasteiger partial charge in [0.2, 0.25) is 0 Å². The van der Waals surface area contributed by atoms with Crippen molar-refractivity contribution in [2.75, 3.05) is 19.6 Å². The molecule has 3 rings (SSSR count). The molecule has 1 aromatic rings. The topological polar surface area (TPSA) is 3.24 Å². The largest absolute Gasteiger partial charge is 0.300 e. The number of rotatable bonds is 4. The number of nitrogens with zero attached hydrogens (tertiary/aromatic N) is 1. The first-order valence-electron chi connectivity index (χ1n) is 7.14. The van der Waals surface area contributed by atoms with Gasteiger partial charge >= 0.3 is 0 Å². The van der Waals surface area contributed by atoms with Gasteiger partial charge in [-0.25, -0.2) is 4.39 Å². The van der Waals surface area contributed by atoms with Gasteiger partial charge in [0.25, 0.3) is 0 Å². The van der Waals surface area contributed by atoms with E-state index in [4.69, 9.17) is 0 Å². The van der Waals surface area contributed by atoms with Crippen molar-refractivity contribution < 1.29 is 4.39 Å². The van der Waals surface area contributed by atoms with Crippen molar-refractivity contribution in [2.45, 2.75) is 18.1 Å². The smallest absolute Gasteiger partial charge is 0.123 e. The lowest BCUT2D eigenvalue weighted by Crippen LogP contribution is -2.52. The molecule has 1 saturated heterocycles. The summed E-state index contributed by atoms with van der Waals surface area (Å²) in [6.45, 7) is 3.21. The zero-order valence-corrected chi connectivity index (χ0v) is 13.6. The van der Waals surface area contributed by atoms with Crippen LogP contribution in [0.3, 0.4) is 0 Å². The van der Waals surface area contributed by atoms with Gasteiger partial charge in [-0.2, -0.15) is 12.6 Å². The highest BCUT2D eigenvalue weighted by Crippen LogP contribution is 2.35. The molecule has 0 bridgehead atoms. The molecule has 0 radical (unpaired) electrons. The number of benzene rings is 1. The highest BCUT2D eigenvalue weighted by atomic mass is 35.5. The summed E-state index contributed by atoms with van der Waals surface area (Å²) in [5, 5.41) is 0.529. The summed E-state index contributed by atoms with van der Waals surface area (Å²) >= 11 is 4.48. The molecule has 4 heteroatoms. The van der Waals surface area contributed by atoms with E-state index in [1.807, 2.05) is 12.1 Å². The van der Waals surface area contributed by atoms with Crippen molar-refractivity contribution in [1.29, 1.82) is 0 Å². The number of hydrogen-bond donors (Lipinski definition) is 1. The van der Waals surface area contributed by atoms with Crippen molar-refractivity contribution in [3.63, 3.8) is 0 Å². The first-order chi connectivity index (χ1) is 9.65. The second-order valence-corrected chi connectivity index (χ2v) is 6.74. The summed E-state index contributed by atoms with van der Waals surface area (Å²) in [7, 11) is 0. The highest BCUT2D eigenvalue weighted by Gasteiger charge is 2.34. The number of halogens is 2. The lowest BCUT2D eigenvalue weighted by atomic mass is 9.75. The molecule has 1 unspecified atom stereocenters. The molecule has 2 aliphatic rings. The Bertz CT molecular complexity index is 522. The molecule has 1 aromatic carbocycles. The number of likely N-dealkylation sites (tertiary alicyclic amines) is 1. The third kappa shape index (κ3) is 4.12. The van der Waals surface area contributed by atoms with Crippen LogP contribution in [-0.2, 0) is 6.42 Å². The van der Waals surface area contributed by atoms with Crippen LogP contribution in [0.25, 0.3) is 0 Å². The van der Waals surface area contributed by atoms with E-state index in [1.165, 1.54) is 5.56 Å². The Hall–Kier alpha value is -0.770. The minimum absolute atomic E-state index is 0. The Balaban J connectivity index is 0.00000161. The average Bonchev–Trinajstić information content (AvgIpc) is 2.41. The number of thiol groups is 1. The second kappa shape index (κ2) is 6.99. The molecule has 114 valence electrons. The van der Waals surface area contributed by atoms with Crippen LogP contribution in [-0.4, -0.2) is 29.8 Å². The van der Waals surface area contributed by atoms with Crippen LogP contribution in [0, 0.1) is 11.2 Å². The van der Waals surface area contributed by atoms with Gasteiger partial charge in [-0.1, -0.05) is 36.4 Å². The van der Waals surface area contributed by atoms with Crippen LogP contribution in [0.5, 0.6) is 0 Å². The quantitative estimate of drug-likeness (QED) is 0.822. The molecule has 1 heterocycles. The average molecular weight is 326 g/mol. The summed E-state index contributed by atoms with van der Waals surface area (Å²) in [5.74, 6) is -0.164. The van der Waals surface area contributed by atoms with E-state index >= 15 is 0 Å². The number of hydrogen-bond acceptors (Lipinski definition) is 2. The van der Waals surface area contributed by atoms with E-state index in [1.54, 1.807) is 12.1 Å². The van der Waals surface area contributed by atoms with Gasteiger partial charge in [-0.05, 0) is 30.5 Å². The summed E-state index contributed by atoms with van der Waals surface area (Å²) in [4.78, 5) is 2.46. The van der Waals surface area contributed by atoms with E-state index in [0.29, 0.717) is 5.25 Å². The van der Waals surface area contributed by atoms with E-state index < -0.39 is 0 Å². The Morgan fingerprint density at radius 1 is 1.19 bits per heavy atom. The zero-order valence-electron chi connectivity index (χ0n) is 11.9. The first-order valence-corrected chi connectivity index (χ1v) is 7.66. The van der Waals surface area contributed by atoms with Crippen molar-refractivity contribution >= 4 is 25.0 Å². The molecule has 0 aromatic heterocycles. The zero-order chi connectivity index (χ0) is 14.0. The Morgan fingerprint density at radius 2 is 1.90 bits per heavy atom. The Labute approximate surface area is 137 Å². The summed E-state index contributed by atoms with van der Waals surface area (Å²) in [5.41, 5.74) is 1.34. The lowest BCUT2D eigenvalue weighted by Gasteiger charge is -2.43. The van der Waals surface area contributed by atoms with Crippen LogP contribution < -0.4 is 0 Å². The molecule has 21 heavy (non-hydrogen) atoms. The minimum Gasteiger partial charge on any atom is -0.300 e. The second-order valence-electron chi connectivity index (χ2n) is 6.00. The number of allylic oxidation sites excluding steroid dienone is 3. The maximum atomic E-state index is 13.0. The molecule has 1 aliphatic heterocycles. The third-order valence-corrected chi connectivity index (χ3v) is 4.49. The van der Waals surface area contributed by atoms with Gasteiger partial charge in [0, 0.05) is 30.3 Å². The molecular weight excluding hydrogens is 305 g/mol. The van der Waals surface area contributed by atoms with E-state index in [2.05, 4.69) is 41.8 Å². The molecule has 1 nitrogen and oxygen atoms in total. The fourth-order valence-electron chi connectivity index (χ4n) is 3.14. The van der Waals surface area contributed by atoms with Gasteiger partial charge in [-0.3, -0.25) is 0 Å². The molecule has 0 saturated carbocycles. The van der Waals surface area contributed by atoms with Crippen molar-refractivity contribution in [2.24, 2.45) is 5.41 Å². The van der Waals surface area contributed by atoms with Gasteiger partial charge in [0.1, 0.15) is 5.82 Å². The van der Waals surface area contributed by atoms with E-state index in [9.17, 15) is 4.39 Å². The Kier molecular flexibility index (Phi) is 5.53. The van der Waals surface area contributed by atoms with Gasteiger partial charge in [0.05, 0.1) is 0 Å². The van der Waals surface area contributed by atoms with E-state index in [-0.39, 0.29) is 23.6 Å². The lowest BCUT2D eigenvalue weighted by molar-refractivity contribution is 0.128. The van der Waals surface area contributed by atoms with Crippen LogP contribution in [0.15, 0.2) is 48.6 Å². The standard InChI is InChI=1S/C17H20FNS.ClH/c18-15-6-4-14(5-7-15)10-17(8-2-1-3-9-17)13-19-11-16(20)12-19;/h1-8,16,20H,9-13H2;1H. The van der Waals surface area contributed by atoms with Gasteiger partial charge < -0.3 is 4.90 Å². The van der Waals surface area contributed by atoms with E-state index in [0.717, 1.165) is 32.5 Å². The summed E-state index contributed by atoms with van der Waals surface area (Å²) < 4.78 is 13.0. The summed E-state index contributed by atoms with van der Waals surface area (Å²) in [6, 6.07) is 6.92. The fourth-order valence-corrected chi connectivity index (χ4v) is 3.60. The SMILES string of the molecule is Cl.Fc1ccc(CC2(CN3CC(S)C3)C=CC=CC2)cc1. The third-order valence-electron chi connectivity index (χ3n) is 4.17. The van der Waals surface area contributed by atoms with Crippen LogP contribution >= 0.6 is 25.0 Å². The monoisotopic (exact) mass is 325 g/mol. The maximum absolute atomic E-state index is 13.0. The normalized spacial score (nSPS) is 25.4. The molecule has 0 amide bonds. The Morgan fingerprint density at radius 3 is 2.48 bits per heavy atom. The van der Waals surface area contributed by atoms with Gasteiger partial charge in [0.15, 0.2) is 0 Å². The first kappa shape index (κ1) is 16.6. The molecule has 1 aliphatic carbocycles. The van der Waals surface area contributed by atoms with Crippen LogP contribution in [0.1, 0.15) is 12.0 Å². The molecule has 0 spiro atoms. The minimum atomic E-state index is -0.164. The predicted molar refractivity (Wildman–Crippen MR) is 91.9 cm³/mol. The van der Waals surface area contributed by atoms with Crippen LogP contribution in [0.2, 0.25) is 0 Å². The molecule has 1 atom stereocenters. The summed E-state index contributed by atoms with van der Waals surface area (Å²) in [6.07, 6.45) is 10.8. The molecule has 1 fully saturated rings. The maximum Gasteiger partial charge on any atom is 0.123 e. The van der Waals surface area contributed by atoms with Gasteiger partial charge in [-0.15, -0.1) is 12.4 Å².